The van der Waals surface area contributed by atoms with Crippen LogP contribution in [-0.4, -0.2) is 36.2 Å². The van der Waals surface area contributed by atoms with E-state index in [-0.39, 0.29) is 12.0 Å². The first-order chi connectivity index (χ1) is 14.6. The van der Waals surface area contributed by atoms with Gasteiger partial charge in [0, 0.05) is 6.04 Å². The normalized spacial score (nSPS) is 16.2. The van der Waals surface area contributed by atoms with Gasteiger partial charge in [0.15, 0.2) is 11.5 Å². The number of ether oxygens (including phenoxy) is 2. The summed E-state index contributed by atoms with van der Waals surface area (Å²) in [5, 5.41) is 9.30. The van der Waals surface area contributed by atoms with Crippen LogP contribution in [0.5, 0.6) is 11.5 Å². The van der Waals surface area contributed by atoms with Crippen LogP contribution in [0, 0.1) is 5.92 Å². The fourth-order valence-electron chi connectivity index (χ4n) is 4.16. The Kier molecular flexibility index (Phi) is 8.14. The predicted molar refractivity (Wildman–Crippen MR) is 118 cm³/mol. The van der Waals surface area contributed by atoms with Gasteiger partial charge in [-0.3, -0.25) is 9.69 Å². The molecule has 1 atom stereocenters. The Morgan fingerprint density at radius 1 is 1.13 bits per heavy atom. The van der Waals surface area contributed by atoms with Gasteiger partial charge in [0.05, 0.1) is 13.0 Å². The number of aliphatic carboxylic acids is 1. The van der Waals surface area contributed by atoms with E-state index in [1.54, 1.807) is 7.11 Å². The van der Waals surface area contributed by atoms with Crippen LogP contribution in [0.15, 0.2) is 48.5 Å². The van der Waals surface area contributed by atoms with E-state index >= 15 is 0 Å². The van der Waals surface area contributed by atoms with Crippen molar-refractivity contribution < 1.29 is 19.4 Å². The van der Waals surface area contributed by atoms with Gasteiger partial charge in [0.1, 0.15) is 6.61 Å². The van der Waals surface area contributed by atoms with Crippen LogP contribution in [0.2, 0.25) is 0 Å². The van der Waals surface area contributed by atoms with E-state index in [9.17, 15) is 9.90 Å². The molecular weight excluding hydrogens is 378 g/mol. The number of likely N-dealkylation sites (tertiary alicyclic amines) is 1. The number of unbranched alkanes of at least 4 members (excludes halogenated alkanes) is 1. The summed E-state index contributed by atoms with van der Waals surface area (Å²) in [6.07, 6.45) is 4.76. The molecule has 1 aliphatic rings. The number of carbonyl (C=O) groups is 1. The maximum absolute atomic E-state index is 11.3. The molecule has 2 aromatic carbocycles. The third-order valence-electron chi connectivity index (χ3n) is 5.96. The second-order valence-corrected chi connectivity index (χ2v) is 7.99. The van der Waals surface area contributed by atoms with Crippen molar-refractivity contribution in [2.24, 2.45) is 5.92 Å². The second kappa shape index (κ2) is 11.0. The smallest absolute Gasteiger partial charge is 0.306 e. The van der Waals surface area contributed by atoms with Crippen molar-refractivity contribution in [1.29, 1.82) is 0 Å². The zero-order valence-corrected chi connectivity index (χ0v) is 18.0. The van der Waals surface area contributed by atoms with Crippen molar-refractivity contribution in [3.63, 3.8) is 0 Å². The monoisotopic (exact) mass is 411 g/mol. The molecule has 30 heavy (non-hydrogen) atoms. The summed E-state index contributed by atoms with van der Waals surface area (Å²) in [5.74, 6) is 0.604. The van der Waals surface area contributed by atoms with Crippen molar-refractivity contribution in [3.8, 4) is 11.5 Å². The lowest BCUT2D eigenvalue weighted by molar-refractivity contribution is -0.143. The highest BCUT2D eigenvalue weighted by atomic mass is 16.5. The maximum Gasteiger partial charge on any atom is 0.306 e. The van der Waals surface area contributed by atoms with Gasteiger partial charge >= 0.3 is 5.97 Å². The molecule has 0 amide bonds. The first kappa shape index (κ1) is 22.2. The number of methoxy groups -OCH3 is 1. The average Bonchev–Trinajstić information content (AvgIpc) is 2.79. The molecule has 0 spiro atoms. The first-order valence-electron chi connectivity index (χ1n) is 10.9. The molecule has 1 fully saturated rings. The molecule has 2 aromatic rings. The minimum Gasteiger partial charge on any atom is -0.493 e. The quantitative estimate of drug-likeness (QED) is 0.575. The highest BCUT2D eigenvalue weighted by Crippen LogP contribution is 2.36. The number of hydrogen-bond acceptors (Lipinski definition) is 4. The van der Waals surface area contributed by atoms with Crippen LogP contribution in [0.1, 0.15) is 56.2 Å². The summed E-state index contributed by atoms with van der Waals surface area (Å²) in [4.78, 5) is 13.7. The third kappa shape index (κ3) is 5.76. The van der Waals surface area contributed by atoms with Crippen LogP contribution in [0.3, 0.4) is 0 Å². The number of carboxylic acid groups (broad SMARTS) is 1. The first-order valence-corrected chi connectivity index (χ1v) is 10.9. The number of benzene rings is 2. The Morgan fingerprint density at radius 2 is 1.87 bits per heavy atom. The second-order valence-electron chi connectivity index (χ2n) is 7.99. The molecule has 1 N–H and O–H groups in total. The molecule has 0 radical (unpaired) electrons. The van der Waals surface area contributed by atoms with Gasteiger partial charge in [0.2, 0.25) is 0 Å². The third-order valence-corrected chi connectivity index (χ3v) is 5.96. The predicted octanol–water partition coefficient (Wildman–Crippen LogP) is 5.30. The van der Waals surface area contributed by atoms with E-state index in [2.05, 4.69) is 24.0 Å². The summed E-state index contributed by atoms with van der Waals surface area (Å²) in [6.45, 7) is 4.34. The Labute approximate surface area is 179 Å². The van der Waals surface area contributed by atoms with Gasteiger partial charge in [-0.15, -0.1) is 0 Å². The van der Waals surface area contributed by atoms with Crippen molar-refractivity contribution in [3.05, 3.63) is 59.7 Å². The minimum absolute atomic E-state index is 0.212. The van der Waals surface area contributed by atoms with Crippen molar-refractivity contribution in [1.82, 2.24) is 4.90 Å². The zero-order valence-electron chi connectivity index (χ0n) is 18.0. The van der Waals surface area contributed by atoms with Crippen LogP contribution >= 0.6 is 0 Å². The Morgan fingerprint density at radius 3 is 2.50 bits per heavy atom. The van der Waals surface area contributed by atoms with E-state index in [1.807, 2.05) is 36.4 Å². The van der Waals surface area contributed by atoms with E-state index in [0.717, 1.165) is 49.4 Å². The molecule has 1 unspecified atom stereocenters. The number of hydrogen-bond donors (Lipinski definition) is 1. The van der Waals surface area contributed by atoms with Gasteiger partial charge in [-0.05, 0) is 55.6 Å². The molecular formula is C25H33NO4. The number of carboxylic acids is 1. The number of piperidine rings is 1. The molecule has 3 rings (SSSR count). The Bertz CT molecular complexity index is 800. The zero-order chi connectivity index (χ0) is 21.3. The van der Waals surface area contributed by atoms with Crippen LogP contribution in [0.25, 0.3) is 0 Å². The molecule has 0 bridgehead atoms. The minimum atomic E-state index is -0.665. The average molecular weight is 412 g/mol. The van der Waals surface area contributed by atoms with E-state index in [1.165, 1.54) is 5.56 Å². The Balaban J connectivity index is 1.74. The molecule has 162 valence electrons. The summed E-state index contributed by atoms with van der Waals surface area (Å²) in [5.41, 5.74) is 2.33. The largest absolute Gasteiger partial charge is 0.493 e. The molecule has 5 nitrogen and oxygen atoms in total. The van der Waals surface area contributed by atoms with Gasteiger partial charge in [-0.25, -0.2) is 0 Å². The standard InChI is InChI=1S/C25H33NO4/c1-3-4-10-22(26-15-13-20(14-16-26)25(27)28)21-11-12-23(24(17-21)29-2)30-18-19-8-6-5-7-9-19/h5-9,11-12,17,20,22H,3-4,10,13-16,18H2,1-2H3,(H,27,28). The number of rotatable bonds is 10. The lowest BCUT2D eigenvalue weighted by Crippen LogP contribution is -2.38. The van der Waals surface area contributed by atoms with Gasteiger partial charge < -0.3 is 14.6 Å². The van der Waals surface area contributed by atoms with Crippen molar-refractivity contribution in [2.45, 2.75) is 51.7 Å². The van der Waals surface area contributed by atoms with Gasteiger partial charge in [0.25, 0.3) is 0 Å². The lowest BCUT2D eigenvalue weighted by Gasteiger charge is -2.37. The van der Waals surface area contributed by atoms with Crippen molar-refractivity contribution in [2.75, 3.05) is 20.2 Å². The summed E-state index contributed by atoms with van der Waals surface area (Å²) < 4.78 is 11.7. The highest BCUT2D eigenvalue weighted by molar-refractivity contribution is 5.70. The maximum atomic E-state index is 11.3. The van der Waals surface area contributed by atoms with Crippen LogP contribution in [-0.2, 0) is 11.4 Å². The van der Waals surface area contributed by atoms with Gasteiger partial charge in [-0.2, -0.15) is 0 Å². The fraction of sp³-hybridized carbons (Fsp3) is 0.480. The highest BCUT2D eigenvalue weighted by Gasteiger charge is 2.29. The molecule has 5 heteroatoms. The van der Waals surface area contributed by atoms with E-state index in [0.29, 0.717) is 19.4 Å². The number of nitrogens with zero attached hydrogens (tertiary/aromatic N) is 1. The lowest BCUT2D eigenvalue weighted by atomic mass is 9.92. The summed E-state index contributed by atoms with van der Waals surface area (Å²) in [7, 11) is 1.67. The molecule has 0 aromatic heterocycles. The van der Waals surface area contributed by atoms with E-state index in [4.69, 9.17) is 9.47 Å². The van der Waals surface area contributed by atoms with E-state index < -0.39 is 5.97 Å². The molecule has 1 saturated heterocycles. The molecule has 1 aliphatic heterocycles. The summed E-state index contributed by atoms with van der Waals surface area (Å²) in [6, 6.07) is 16.6. The van der Waals surface area contributed by atoms with Gasteiger partial charge in [-0.1, -0.05) is 56.2 Å². The fourth-order valence-corrected chi connectivity index (χ4v) is 4.16. The van der Waals surface area contributed by atoms with Crippen molar-refractivity contribution >= 4 is 5.97 Å². The SMILES string of the molecule is CCCCC(c1ccc(OCc2ccccc2)c(OC)c1)N1CCC(C(=O)O)CC1. The molecule has 0 aliphatic carbocycles. The molecule has 1 heterocycles. The van der Waals surface area contributed by atoms with Crippen LogP contribution < -0.4 is 9.47 Å². The Hall–Kier alpha value is -2.53. The van der Waals surface area contributed by atoms with Crippen LogP contribution in [0.4, 0.5) is 0 Å². The summed E-state index contributed by atoms with van der Waals surface area (Å²) >= 11 is 0. The topological polar surface area (TPSA) is 59.0 Å². The molecule has 0 saturated carbocycles.